The third-order valence-electron chi connectivity index (χ3n) is 23.4. The van der Waals surface area contributed by atoms with Gasteiger partial charge < -0.3 is 60.6 Å². The van der Waals surface area contributed by atoms with E-state index in [0.717, 1.165) is 128 Å². The first-order valence-electron chi connectivity index (χ1n) is 35.0. The fourth-order valence-corrected chi connectivity index (χ4v) is 18.2. The molecule has 85 heavy (non-hydrogen) atoms. The average molecular weight is 1210 g/mol. The van der Waals surface area contributed by atoms with E-state index in [0.29, 0.717) is 54.8 Å². The third kappa shape index (κ3) is 18.6. The number of alkyl halides is 1. The van der Waals surface area contributed by atoms with Gasteiger partial charge in [0, 0.05) is 12.8 Å². The maximum Gasteiger partial charge on any atom is 0.328 e. The number of hydrogen-bond acceptors (Lipinski definition) is 13. The van der Waals surface area contributed by atoms with Gasteiger partial charge in [0.25, 0.3) is 0 Å². The summed E-state index contributed by atoms with van der Waals surface area (Å²) < 4.78 is 31.5. The molecular formula is C69H121FN2O13. The van der Waals surface area contributed by atoms with Crippen molar-refractivity contribution in [3.8, 4) is 0 Å². The fraction of sp³-hybridized carbons (Fsp3) is 0.957. The van der Waals surface area contributed by atoms with E-state index in [2.05, 4.69) is 38.3 Å². The molecule has 9 N–H and O–H groups in total. The molecule has 0 aromatic heterocycles. The second-order valence-corrected chi connectivity index (χ2v) is 30.2. The molecule has 2 amide bonds. The Morgan fingerprint density at radius 3 is 1.85 bits per heavy atom. The monoisotopic (exact) mass is 1200 g/mol. The molecule has 492 valence electrons. The lowest BCUT2D eigenvalue weighted by molar-refractivity contribution is -0.303. The van der Waals surface area contributed by atoms with Crippen LogP contribution in [0, 0.1) is 57.7 Å². The molecule has 2 bridgehead atoms. The van der Waals surface area contributed by atoms with Crippen molar-refractivity contribution < 1.29 is 68.7 Å². The summed E-state index contributed by atoms with van der Waals surface area (Å²) in [5, 5.41) is 84.0. The number of ether oxygens (including phenoxy) is 3. The first kappa shape index (κ1) is 70.4. The van der Waals surface area contributed by atoms with Gasteiger partial charge in [-0.15, -0.1) is 0 Å². The van der Waals surface area contributed by atoms with Gasteiger partial charge in [-0.2, -0.15) is 0 Å². The number of fused-ring (bicyclic) bond motifs is 5. The van der Waals surface area contributed by atoms with E-state index in [1.807, 2.05) is 0 Å². The molecule has 1 heterocycles. The lowest BCUT2D eigenvalue weighted by Gasteiger charge is -2.66. The van der Waals surface area contributed by atoms with Gasteiger partial charge in [0.1, 0.15) is 48.8 Å². The van der Waals surface area contributed by atoms with Crippen molar-refractivity contribution in [2.45, 2.75) is 346 Å². The van der Waals surface area contributed by atoms with Crippen LogP contribution in [0.2, 0.25) is 0 Å². The standard InChI is InChI=1S/C69H121FN2O13/c1-7-8-9-10-11-12-13-14-15-18-21-24-27-53(74)60(78)52(71-56(76)28-25-22-19-16-17-20-23-26-35-68-42-69(70,43-68)44-68)40-84-65-63(81)62(80)61(79)55(85-65)41-83-64(82)59(45(2)3)72-57(77)32-29-46(4)49-30-31-50-58-51(34-37-67(49,50)6)66(5)36-33-48(73)38-47(66)39-54(58)75/h45-55,58-63,65,73-75,78-81H,7-44H2,1-6H3,(H,71,76)(H,72,77)/t46-,47?,48-,49?,50?,51?,52+,53-,54-,55?,58?,59?,60+,61?,62?,63?,65?,66+,67-,68?,69?/m1/s1. The molecule has 8 fully saturated rings. The van der Waals surface area contributed by atoms with E-state index in [1.165, 1.54) is 64.2 Å². The van der Waals surface area contributed by atoms with E-state index in [9.17, 15) is 54.5 Å². The number of unbranched alkanes of at least 4 members (excludes halogenated alkanes) is 18. The summed E-state index contributed by atoms with van der Waals surface area (Å²) in [4.78, 5) is 40.8. The van der Waals surface area contributed by atoms with Gasteiger partial charge >= 0.3 is 5.97 Å². The van der Waals surface area contributed by atoms with Gasteiger partial charge in [-0.1, -0.05) is 164 Å². The van der Waals surface area contributed by atoms with Gasteiger partial charge in [0.15, 0.2) is 6.29 Å². The van der Waals surface area contributed by atoms with Crippen molar-refractivity contribution >= 4 is 17.8 Å². The van der Waals surface area contributed by atoms with Crippen LogP contribution in [0.25, 0.3) is 0 Å². The number of esters is 1. The van der Waals surface area contributed by atoms with Crippen LogP contribution in [0.15, 0.2) is 0 Å². The summed E-state index contributed by atoms with van der Waals surface area (Å²) >= 11 is 0. The number of aliphatic hydroxyl groups excluding tert-OH is 7. The largest absolute Gasteiger partial charge is 0.461 e. The minimum absolute atomic E-state index is 0.0615. The molecule has 11 unspecified atom stereocenters. The van der Waals surface area contributed by atoms with E-state index in [4.69, 9.17) is 14.2 Å². The van der Waals surface area contributed by atoms with Crippen molar-refractivity contribution in [2.24, 2.45) is 57.7 Å². The molecule has 16 heteroatoms. The number of rotatable bonds is 39. The number of amides is 2. The van der Waals surface area contributed by atoms with Crippen molar-refractivity contribution in [3.63, 3.8) is 0 Å². The van der Waals surface area contributed by atoms with Gasteiger partial charge in [-0.05, 0) is 154 Å². The lowest BCUT2D eigenvalue weighted by atomic mass is 9.41. The molecule has 15 nitrogen and oxygen atoms in total. The molecule has 8 aliphatic rings. The maximum atomic E-state index is 13.9. The highest BCUT2D eigenvalue weighted by Gasteiger charge is 2.68. The first-order valence-corrected chi connectivity index (χ1v) is 35.0. The zero-order chi connectivity index (χ0) is 61.5. The molecule has 1 saturated heterocycles. The van der Waals surface area contributed by atoms with Gasteiger partial charge in [0.05, 0.1) is 31.0 Å². The number of carbonyl (C=O) groups is 3. The topological polar surface area (TPSA) is 245 Å². The van der Waals surface area contributed by atoms with Gasteiger partial charge in [-0.25, -0.2) is 9.18 Å². The smallest absolute Gasteiger partial charge is 0.328 e. The van der Waals surface area contributed by atoms with E-state index in [1.54, 1.807) is 13.8 Å². The Balaban J connectivity index is 0.848. The molecule has 7 saturated carbocycles. The van der Waals surface area contributed by atoms with E-state index < -0.39 is 79.8 Å². The lowest BCUT2D eigenvalue weighted by Crippen LogP contribution is -2.64. The van der Waals surface area contributed by atoms with Crippen LogP contribution in [0.5, 0.6) is 0 Å². The summed E-state index contributed by atoms with van der Waals surface area (Å²) in [6.45, 7) is 12.0. The fourth-order valence-electron chi connectivity index (χ4n) is 18.2. The Hall–Kier alpha value is -2.02. The molecule has 0 radical (unpaired) electrons. The second-order valence-electron chi connectivity index (χ2n) is 30.2. The highest BCUT2D eigenvalue weighted by molar-refractivity contribution is 5.84. The summed E-state index contributed by atoms with van der Waals surface area (Å²) in [6, 6.07) is -2.12. The SMILES string of the molecule is CCCCCCCCCCCCCC[C@@H](O)[C@@H](O)[C@H](COC1OC(COC(=O)C(NC(=O)CC[C@@H](C)C2CCC3C4C(CC[C@@]32C)[C@@]2(C)CC[C@@H](O)CC2C[C@H]4O)C(C)C)C(O)C(O)C1O)NC(=O)CCCCCCCCCCC12CC(F)(C1)C2. The van der Waals surface area contributed by atoms with Crippen molar-refractivity contribution in [1.29, 1.82) is 0 Å². The third-order valence-corrected chi connectivity index (χ3v) is 23.4. The zero-order valence-corrected chi connectivity index (χ0v) is 53.7. The van der Waals surface area contributed by atoms with Crippen LogP contribution in [0.4, 0.5) is 4.39 Å². The molecule has 7 aliphatic carbocycles. The highest BCUT2D eigenvalue weighted by atomic mass is 19.1. The second kappa shape index (κ2) is 32.8. The number of hydrogen-bond donors (Lipinski definition) is 9. The molecule has 8 rings (SSSR count). The number of carbonyl (C=O) groups excluding carboxylic acids is 3. The van der Waals surface area contributed by atoms with Crippen molar-refractivity contribution in [2.75, 3.05) is 13.2 Å². The Morgan fingerprint density at radius 2 is 1.22 bits per heavy atom. The predicted molar refractivity (Wildman–Crippen MR) is 327 cm³/mol. The maximum absolute atomic E-state index is 13.9. The summed E-state index contributed by atoms with van der Waals surface area (Å²) in [5.41, 5.74) is -0.300. The molecular weight excluding hydrogens is 1080 g/mol. The number of halogens is 1. The van der Waals surface area contributed by atoms with Crippen LogP contribution in [-0.2, 0) is 28.6 Å². The normalized spacial score (nSPS) is 36.6. The van der Waals surface area contributed by atoms with Crippen LogP contribution < -0.4 is 10.6 Å². The van der Waals surface area contributed by atoms with Crippen LogP contribution in [0.3, 0.4) is 0 Å². The highest BCUT2D eigenvalue weighted by Crippen LogP contribution is 2.72. The number of aliphatic hydroxyl groups is 7. The Labute approximate surface area is 511 Å². The van der Waals surface area contributed by atoms with Gasteiger partial charge in [-0.3, -0.25) is 9.59 Å². The minimum atomic E-state index is -1.77. The van der Waals surface area contributed by atoms with Crippen molar-refractivity contribution in [3.05, 3.63) is 0 Å². The zero-order valence-electron chi connectivity index (χ0n) is 53.7. The van der Waals surface area contributed by atoms with Crippen LogP contribution in [-0.4, -0.2) is 140 Å². The minimum Gasteiger partial charge on any atom is -0.461 e. The predicted octanol–water partition coefficient (Wildman–Crippen LogP) is 11.0. The van der Waals surface area contributed by atoms with Crippen LogP contribution in [0.1, 0.15) is 273 Å². The Bertz CT molecular complexity index is 2010. The van der Waals surface area contributed by atoms with Gasteiger partial charge in [0.2, 0.25) is 11.8 Å². The molecule has 0 aromatic rings. The first-order chi connectivity index (χ1) is 40.5. The van der Waals surface area contributed by atoms with E-state index >= 15 is 0 Å². The average Bonchev–Trinajstić information content (AvgIpc) is 1.38. The Kier molecular flexibility index (Phi) is 27.2. The van der Waals surface area contributed by atoms with Crippen LogP contribution >= 0.6 is 0 Å². The molecule has 1 aliphatic heterocycles. The Morgan fingerprint density at radius 1 is 0.647 bits per heavy atom. The molecule has 19 atom stereocenters. The summed E-state index contributed by atoms with van der Waals surface area (Å²) in [5.74, 6) is 0.435. The quantitative estimate of drug-likeness (QED) is 0.0206. The van der Waals surface area contributed by atoms with E-state index in [-0.39, 0.29) is 65.4 Å². The molecule has 0 spiro atoms. The van der Waals surface area contributed by atoms with Crippen molar-refractivity contribution in [1.82, 2.24) is 10.6 Å². The summed E-state index contributed by atoms with van der Waals surface area (Å²) in [6.07, 6.45) is 23.3. The molecule has 0 aromatic carbocycles. The summed E-state index contributed by atoms with van der Waals surface area (Å²) in [7, 11) is 0. The number of nitrogens with one attached hydrogen (secondary N) is 2.